The minimum Gasteiger partial charge on any atom is -0.489 e. The Bertz CT molecular complexity index is 630. The molecule has 0 amide bonds. The van der Waals surface area contributed by atoms with E-state index < -0.39 is 6.10 Å². The molecule has 3 nitrogen and oxygen atoms in total. The topological polar surface area (TPSA) is 42.4 Å². The number of hydrogen-bond donors (Lipinski definition) is 1. The van der Waals surface area contributed by atoms with Crippen LogP contribution in [0.15, 0.2) is 47.6 Å². The molecule has 1 aliphatic heterocycles. The SMILES string of the molecule is CC(C)Oc1cncc(C(O)C2CSc3ccccc32)c1. The molecule has 0 bridgehead atoms. The predicted molar refractivity (Wildman–Crippen MR) is 84.9 cm³/mol. The maximum absolute atomic E-state index is 10.7. The van der Waals surface area contributed by atoms with Crippen LogP contribution in [0.25, 0.3) is 0 Å². The number of fused-ring (bicyclic) bond motifs is 1. The minimum atomic E-state index is -0.552. The maximum Gasteiger partial charge on any atom is 0.138 e. The van der Waals surface area contributed by atoms with Crippen LogP contribution in [-0.2, 0) is 0 Å². The van der Waals surface area contributed by atoms with Gasteiger partial charge in [-0.1, -0.05) is 18.2 Å². The fourth-order valence-electron chi connectivity index (χ4n) is 2.62. The van der Waals surface area contributed by atoms with Gasteiger partial charge in [0.15, 0.2) is 0 Å². The van der Waals surface area contributed by atoms with E-state index in [4.69, 9.17) is 4.74 Å². The maximum atomic E-state index is 10.7. The van der Waals surface area contributed by atoms with E-state index in [2.05, 4.69) is 17.1 Å². The average Bonchev–Trinajstić information content (AvgIpc) is 2.90. The number of aliphatic hydroxyl groups is 1. The van der Waals surface area contributed by atoms with Crippen molar-refractivity contribution in [2.75, 3.05) is 5.75 Å². The van der Waals surface area contributed by atoms with Crippen molar-refractivity contribution in [1.29, 1.82) is 0 Å². The van der Waals surface area contributed by atoms with E-state index >= 15 is 0 Å². The standard InChI is InChI=1S/C17H19NO2S/c1-11(2)20-13-7-12(8-18-9-13)17(19)15-10-21-16-6-4-3-5-14(15)16/h3-9,11,15,17,19H,10H2,1-2H3. The van der Waals surface area contributed by atoms with Crippen molar-refractivity contribution in [3.8, 4) is 5.75 Å². The van der Waals surface area contributed by atoms with E-state index in [0.29, 0.717) is 5.75 Å². The highest BCUT2D eigenvalue weighted by atomic mass is 32.2. The summed E-state index contributed by atoms with van der Waals surface area (Å²) in [6.07, 6.45) is 2.96. The third kappa shape index (κ3) is 3.06. The summed E-state index contributed by atoms with van der Waals surface area (Å²) in [6, 6.07) is 10.2. The first-order chi connectivity index (χ1) is 10.1. The van der Waals surface area contributed by atoms with Gasteiger partial charge in [0.25, 0.3) is 0 Å². The summed E-state index contributed by atoms with van der Waals surface area (Å²) in [6.45, 7) is 3.96. The van der Waals surface area contributed by atoms with Crippen molar-refractivity contribution in [1.82, 2.24) is 4.98 Å². The molecular weight excluding hydrogens is 282 g/mol. The molecule has 0 aliphatic carbocycles. The summed E-state index contributed by atoms with van der Waals surface area (Å²) >= 11 is 1.80. The first kappa shape index (κ1) is 14.4. The Morgan fingerprint density at radius 3 is 2.90 bits per heavy atom. The first-order valence-electron chi connectivity index (χ1n) is 7.16. The molecule has 2 atom stereocenters. The molecule has 4 heteroatoms. The highest BCUT2D eigenvalue weighted by Crippen LogP contribution is 2.45. The zero-order valence-electron chi connectivity index (χ0n) is 12.2. The molecule has 3 rings (SSSR count). The molecule has 2 aromatic rings. The number of thioether (sulfide) groups is 1. The van der Waals surface area contributed by atoms with Crippen molar-refractivity contribution in [2.45, 2.75) is 36.9 Å². The van der Waals surface area contributed by atoms with Crippen LogP contribution in [0.1, 0.15) is 37.0 Å². The van der Waals surface area contributed by atoms with E-state index in [0.717, 1.165) is 11.3 Å². The fourth-order valence-corrected chi connectivity index (χ4v) is 3.90. The van der Waals surface area contributed by atoms with Crippen molar-refractivity contribution in [3.63, 3.8) is 0 Å². The van der Waals surface area contributed by atoms with E-state index in [1.54, 1.807) is 24.2 Å². The zero-order valence-corrected chi connectivity index (χ0v) is 13.0. The molecule has 2 heterocycles. The van der Waals surface area contributed by atoms with E-state index in [9.17, 15) is 5.11 Å². The molecule has 0 saturated heterocycles. The average molecular weight is 301 g/mol. The van der Waals surface area contributed by atoms with Crippen LogP contribution in [0.5, 0.6) is 5.75 Å². The number of rotatable bonds is 4. The van der Waals surface area contributed by atoms with Gasteiger partial charge in [0.05, 0.1) is 18.4 Å². The zero-order chi connectivity index (χ0) is 14.8. The van der Waals surface area contributed by atoms with Crippen molar-refractivity contribution < 1.29 is 9.84 Å². The van der Waals surface area contributed by atoms with Gasteiger partial charge in [0.1, 0.15) is 5.75 Å². The lowest BCUT2D eigenvalue weighted by Crippen LogP contribution is -2.12. The van der Waals surface area contributed by atoms with Gasteiger partial charge in [-0.05, 0) is 31.5 Å². The van der Waals surface area contributed by atoms with Gasteiger partial charge in [-0.2, -0.15) is 0 Å². The van der Waals surface area contributed by atoms with Crippen LogP contribution in [0.4, 0.5) is 0 Å². The van der Waals surface area contributed by atoms with Crippen LogP contribution in [0, 0.1) is 0 Å². The number of pyridine rings is 1. The van der Waals surface area contributed by atoms with Crippen LogP contribution in [0.3, 0.4) is 0 Å². The first-order valence-corrected chi connectivity index (χ1v) is 8.15. The lowest BCUT2D eigenvalue weighted by molar-refractivity contribution is 0.152. The van der Waals surface area contributed by atoms with Crippen LogP contribution < -0.4 is 4.74 Å². The second-order valence-corrected chi connectivity index (χ2v) is 6.58. The third-order valence-corrected chi connectivity index (χ3v) is 4.77. The molecule has 1 aromatic carbocycles. The number of benzene rings is 1. The number of nitrogens with zero attached hydrogens (tertiary/aromatic N) is 1. The Morgan fingerprint density at radius 2 is 2.10 bits per heavy atom. The lowest BCUT2D eigenvalue weighted by Gasteiger charge is -2.19. The van der Waals surface area contributed by atoms with E-state index in [-0.39, 0.29) is 12.0 Å². The van der Waals surface area contributed by atoms with Crippen LogP contribution in [0.2, 0.25) is 0 Å². The second kappa shape index (κ2) is 6.08. The normalized spacial score (nSPS) is 18.6. The number of hydrogen-bond acceptors (Lipinski definition) is 4. The van der Waals surface area contributed by atoms with Gasteiger partial charge in [-0.25, -0.2) is 0 Å². The molecule has 0 saturated carbocycles. The lowest BCUT2D eigenvalue weighted by atomic mass is 9.91. The van der Waals surface area contributed by atoms with Gasteiger partial charge in [0.2, 0.25) is 0 Å². The van der Waals surface area contributed by atoms with Gasteiger partial charge in [-0.3, -0.25) is 4.98 Å². The van der Waals surface area contributed by atoms with Gasteiger partial charge in [-0.15, -0.1) is 11.8 Å². The summed E-state index contributed by atoms with van der Waals surface area (Å²) in [5, 5.41) is 10.7. The number of aliphatic hydroxyl groups excluding tert-OH is 1. The number of ether oxygens (including phenoxy) is 1. The minimum absolute atomic E-state index is 0.0990. The summed E-state index contributed by atoms with van der Waals surface area (Å²) in [5.41, 5.74) is 2.04. The Labute approximate surface area is 129 Å². The second-order valence-electron chi connectivity index (χ2n) is 5.52. The Hall–Kier alpha value is -1.52. The smallest absolute Gasteiger partial charge is 0.138 e. The molecule has 0 spiro atoms. The summed E-state index contributed by atoms with van der Waals surface area (Å²) < 4.78 is 5.66. The number of aromatic nitrogens is 1. The third-order valence-electron chi connectivity index (χ3n) is 3.57. The fraction of sp³-hybridized carbons (Fsp3) is 0.353. The van der Waals surface area contributed by atoms with E-state index in [1.165, 1.54) is 10.5 Å². The molecule has 1 aromatic heterocycles. The molecule has 2 unspecified atom stereocenters. The molecule has 1 aliphatic rings. The Kier molecular flexibility index (Phi) is 4.17. The van der Waals surface area contributed by atoms with Gasteiger partial charge in [0, 0.05) is 28.3 Å². The van der Waals surface area contributed by atoms with Crippen molar-refractivity contribution in [2.24, 2.45) is 0 Å². The van der Waals surface area contributed by atoms with E-state index in [1.807, 2.05) is 32.0 Å². The molecule has 0 radical (unpaired) electrons. The Morgan fingerprint density at radius 1 is 1.29 bits per heavy atom. The highest BCUT2D eigenvalue weighted by molar-refractivity contribution is 7.99. The van der Waals surface area contributed by atoms with Crippen molar-refractivity contribution in [3.05, 3.63) is 53.9 Å². The Balaban J connectivity index is 1.84. The molecule has 1 N–H and O–H groups in total. The monoisotopic (exact) mass is 301 g/mol. The molecule has 110 valence electrons. The summed E-state index contributed by atoms with van der Waals surface area (Å²) in [7, 11) is 0. The largest absolute Gasteiger partial charge is 0.489 e. The quantitative estimate of drug-likeness (QED) is 0.933. The van der Waals surface area contributed by atoms with Crippen LogP contribution >= 0.6 is 11.8 Å². The summed E-state index contributed by atoms with van der Waals surface area (Å²) in [5.74, 6) is 1.72. The van der Waals surface area contributed by atoms with Gasteiger partial charge < -0.3 is 9.84 Å². The molecule has 0 fully saturated rings. The highest BCUT2D eigenvalue weighted by Gasteiger charge is 2.30. The summed E-state index contributed by atoms with van der Waals surface area (Å²) in [4.78, 5) is 5.46. The van der Waals surface area contributed by atoms with Crippen molar-refractivity contribution >= 4 is 11.8 Å². The van der Waals surface area contributed by atoms with Crippen LogP contribution in [-0.4, -0.2) is 21.9 Å². The molecular formula is C17H19NO2S. The predicted octanol–water partition coefficient (Wildman–Crippen LogP) is 3.79. The van der Waals surface area contributed by atoms with Gasteiger partial charge >= 0.3 is 0 Å². The molecule has 21 heavy (non-hydrogen) atoms.